The molecule has 2 aromatic rings. The fourth-order valence-electron chi connectivity index (χ4n) is 3.37. The van der Waals surface area contributed by atoms with Gasteiger partial charge in [0.25, 0.3) is 5.91 Å². The van der Waals surface area contributed by atoms with Crippen molar-refractivity contribution in [2.24, 2.45) is 0 Å². The Hall–Kier alpha value is -3.00. The quantitative estimate of drug-likeness (QED) is 0.714. The standard InChI is InChI=1S/C21H21N3O4S/c25-18(12-24-19(26)21(23-20(24)27)10-11-29-14-21)22-16-6-8-17(9-7-16)28-13-15-4-2-1-3-5-15/h1-9H,10-14H2,(H,22,25)(H,23,27)/t21-/m1/s1. The van der Waals surface area contributed by atoms with Crippen molar-refractivity contribution in [3.63, 3.8) is 0 Å². The monoisotopic (exact) mass is 411 g/mol. The van der Waals surface area contributed by atoms with Gasteiger partial charge in [-0.05, 0) is 42.0 Å². The van der Waals surface area contributed by atoms with Crippen molar-refractivity contribution in [2.45, 2.75) is 18.6 Å². The second kappa shape index (κ2) is 8.16. The SMILES string of the molecule is O=C(CN1C(=O)N[C@@]2(CCSC2)C1=O)Nc1ccc(OCc2ccccc2)cc1. The first-order valence-electron chi connectivity index (χ1n) is 9.34. The minimum Gasteiger partial charge on any atom is -0.489 e. The van der Waals surface area contributed by atoms with Gasteiger partial charge in [0.05, 0.1) is 0 Å². The van der Waals surface area contributed by atoms with Crippen molar-refractivity contribution in [1.82, 2.24) is 10.2 Å². The van der Waals surface area contributed by atoms with Crippen LogP contribution < -0.4 is 15.4 Å². The molecule has 0 bridgehead atoms. The van der Waals surface area contributed by atoms with Crippen LogP contribution in [0.3, 0.4) is 0 Å². The Morgan fingerprint density at radius 1 is 1.14 bits per heavy atom. The molecule has 2 heterocycles. The lowest BCUT2D eigenvalue weighted by molar-refractivity contribution is -0.133. The van der Waals surface area contributed by atoms with Gasteiger partial charge in [-0.25, -0.2) is 4.79 Å². The lowest BCUT2D eigenvalue weighted by Crippen LogP contribution is -2.47. The van der Waals surface area contributed by atoms with Crippen LogP contribution in [0, 0.1) is 0 Å². The second-order valence-corrected chi connectivity index (χ2v) is 8.16. The Kier molecular flexibility index (Phi) is 5.44. The summed E-state index contributed by atoms with van der Waals surface area (Å²) in [6.07, 6.45) is 0.602. The van der Waals surface area contributed by atoms with E-state index in [-0.39, 0.29) is 12.5 Å². The largest absolute Gasteiger partial charge is 0.489 e. The molecule has 0 radical (unpaired) electrons. The number of amides is 4. The van der Waals surface area contributed by atoms with E-state index in [2.05, 4.69) is 10.6 Å². The molecule has 7 nitrogen and oxygen atoms in total. The molecule has 0 aromatic heterocycles. The van der Waals surface area contributed by atoms with Gasteiger partial charge < -0.3 is 15.4 Å². The molecule has 2 aromatic carbocycles. The van der Waals surface area contributed by atoms with E-state index in [0.717, 1.165) is 16.2 Å². The number of nitrogens with zero attached hydrogens (tertiary/aromatic N) is 1. The summed E-state index contributed by atoms with van der Waals surface area (Å²) in [7, 11) is 0. The zero-order valence-electron chi connectivity index (χ0n) is 15.7. The van der Waals surface area contributed by atoms with E-state index < -0.39 is 17.5 Å². The number of benzene rings is 2. The maximum absolute atomic E-state index is 12.6. The van der Waals surface area contributed by atoms with Gasteiger partial charge >= 0.3 is 6.03 Å². The number of anilines is 1. The van der Waals surface area contributed by atoms with Crippen LogP contribution in [0.4, 0.5) is 10.5 Å². The highest BCUT2D eigenvalue weighted by atomic mass is 32.2. The molecule has 2 aliphatic heterocycles. The average Bonchev–Trinajstić information content (AvgIpc) is 3.29. The summed E-state index contributed by atoms with van der Waals surface area (Å²) in [6.45, 7) is 0.155. The number of thioether (sulfide) groups is 1. The van der Waals surface area contributed by atoms with Crippen LogP contribution in [0.1, 0.15) is 12.0 Å². The number of hydrogen-bond acceptors (Lipinski definition) is 5. The summed E-state index contributed by atoms with van der Waals surface area (Å²) in [5.74, 6) is 1.33. The van der Waals surface area contributed by atoms with Gasteiger partial charge in [-0.2, -0.15) is 11.8 Å². The summed E-state index contributed by atoms with van der Waals surface area (Å²) >= 11 is 1.63. The van der Waals surface area contributed by atoms with E-state index in [4.69, 9.17) is 4.74 Å². The molecular weight excluding hydrogens is 390 g/mol. The molecule has 2 N–H and O–H groups in total. The van der Waals surface area contributed by atoms with Gasteiger partial charge in [0.2, 0.25) is 5.91 Å². The lowest BCUT2D eigenvalue weighted by Gasteiger charge is -2.19. The number of hydrogen-bond donors (Lipinski definition) is 2. The third-order valence-corrected chi connectivity index (χ3v) is 6.15. The molecule has 2 fully saturated rings. The number of nitrogens with one attached hydrogen (secondary N) is 2. The maximum atomic E-state index is 12.6. The van der Waals surface area contributed by atoms with Crippen molar-refractivity contribution in [3.05, 3.63) is 60.2 Å². The summed E-state index contributed by atoms with van der Waals surface area (Å²) < 4.78 is 5.72. The van der Waals surface area contributed by atoms with Crippen molar-refractivity contribution in [2.75, 3.05) is 23.4 Å². The highest BCUT2D eigenvalue weighted by molar-refractivity contribution is 7.99. The number of rotatable bonds is 6. The summed E-state index contributed by atoms with van der Waals surface area (Å²) in [5.41, 5.74) is 0.803. The third-order valence-electron chi connectivity index (χ3n) is 4.96. The molecular formula is C21H21N3O4S. The van der Waals surface area contributed by atoms with Crippen LogP contribution in [0.15, 0.2) is 54.6 Å². The Labute approximate surface area is 172 Å². The highest BCUT2D eigenvalue weighted by Crippen LogP contribution is 2.33. The Morgan fingerprint density at radius 3 is 2.59 bits per heavy atom. The molecule has 0 aliphatic carbocycles. The van der Waals surface area contributed by atoms with Crippen molar-refractivity contribution < 1.29 is 19.1 Å². The summed E-state index contributed by atoms with van der Waals surface area (Å²) in [4.78, 5) is 38.1. The predicted molar refractivity (Wildman–Crippen MR) is 111 cm³/mol. The first kappa shape index (κ1) is 19.3. The normalized spacial score (nSPS) is 20.8. The second-order valence-electron chi connectivity index (χ2n) is 7.05. The van der Waals surface area contributed by atoms with E-state index >= 15 is 0 Å². The molecule has 1 atom stereocenters. The van der Waals surface area contributed by atoms with E-state index in [0.29, 0.717) is 30.2 Å². The molecule has 29 heavy (non-hydrogen) atoms. The van der Waals surface area contributed by atoms with Crippen molar-refractivity contribution in [1.29, 1.82) is 0 Å². The third kappa shape index (κ3) is 4.22. The van der Waals surface area contributed by atoms with E-state index in [1.54, 1.807) is 36.0 Å². The first-order valence-corrected chi connectivity index (χ1v) is 10.5. The fraction of sp³-hybridized carbons (Fsp3) is 0.286. The molecule has 2 saturated heterocycles. The zero-order valence-corrected chi connectivity index (χ0v) is 16.5. The van der Waals surface area contributed by atoms with Gasteiger partial charge in [0, 0.05) is 11.4 Å². The van der Waals surface area contributed by atoms with Crippen LogP contribution in [0.5, 0.6) is 5.75 Å². The van der Waals surface area contributed by atoms with E-state index in [9.17, 15) is 14.4 Å². The predicted octanol–water partition coefficient (Wildman–Crippen LogP) is 2.63. The zero-order chi connectivity index (χ0) is 20.3. The first-order chi connectivity index (χ1) is 14.1. The number of urea groups is 1. The number of carbonyl (C=O) groups excluding carboxylic acids is 3. The van der Waals surface area contributed by atoms with Gasteiger partial charge in [0.15, 0.2) is 0 Å². The van der Waals surface area contributed by atoms with Crippen molar-refractivity contribution in [3.8, 4) is 5.75 Å². The Morgan fingerprint density at radius 2 is 1.90 bits per heavy atom. The van der Waals surface area contributed by atoms with Crippen LogP contribution in [0.2, 0.25) is 0 Å². The van der Waals surface area contributed by atoms with Crippen LogP contribution in [-0.4, -0.2) is 46.3 Å². The highest BCUT2D eigenvalue weighted by Gasteiger charge is 2.53. The topological polar surface area (TPSA) is 87.7 Å². The summed E-state index contributed by atoms with van der Waals surface area (Å²) in [5, 5.41) is 5.47. The van der Waals surface area contributed by atoms with E-state index in [1.807, 2.05) is 30.3 Å². The molecule has 8 heteroatoms. The fourth-order valence-corrected chi connectivity index (χ4v) is 4.70. The van der Waals surface area contributed by atoms with Gasteiger partial charge in [-0.3, -0.25) is 14.5 Å². The molecule has 4 amide bonds. The lowest BCUT2D eigenvalue weighted by atomic mass is 9.99. The summed E-state index contributed by atoms with van der Waals surface area (Å²) in [6, 6.07) is 16.3. The molecule has 4 rings (SSSR count). The van der Waals surface area contributed by atoms with Crippen LogP contribution in [0.25, 0.3) is 0 Å². The smallest absolute Gasteiger partial charge is 0.325 e. The van der Waals surface area contributed by atoms with Crippen LogP contribution in [-0.2, 0) is 16.2 Å². The molecule has 0 saturated carbocycles. The minimum absolute atomic E-state index is 0.302. The maximum Gasteiger partial charge on any atom is 0.325 e. The molecule has 0 unspecified atom stereocenters. The minimum atomic E-state index is -0.834. The number of imide groups is 1. The molecule has 2 aliphatic rings. The van der Waals surface area contributed by atoms with E-state index in [1.165, 1.54) is 0 Å². The van der Waals surface area contributed by atoms with Gasteiger partial charge in [0.1, 0.15) is 24.4 Å². The Bertz CT molecular complexity index is 911. The number of carbonyl (C=O) groups is 3. The Balaban J connectivity index is 1.30. The van der Waals surface area contributed by atoms with Gasteiger partial charge in [-0.15, -0.1) is 0 Å². The number of ether oxygens (including phenoxy) is 1. The van der Waals surface area contributed by atoms with Crippen LogP contribution >= 0.6 is 11.8 Å². The van der Waals surface area contributed by atoms with Crippen molar-refractivity contribution >= 4 is 35.3 Å². The average molecular weight is 411 g/mol. The van der Waals surface area contributed by atoms with Gasteiger partial charge in [-0.1, -0.05) is 30.3 Å². The molecule has 150 valence electrons. The molecule has 1 spiro atoms.